The molecule has 2 aromatic rings. The van der Waals surface area contributed by atoms with Gasteiger partial charge >= 0.3 is 5.97 Å². The van der Waals surface area contributed by atoms with Gasteiger partial charge in [0.1, 0.15) is 9.90 Å². The van der Waals surface area contributed by atoms with E-state index in [2.05, 4.69) is 9.69 Å². The van der Waals surface area contributed by atoms with E-state index < -0.39 is 11.9 Å². The Morgan fingerprint density at radius 2 is 1.95 bits per heavy atom. The molecule has 1 aromatic heterocycles. The van der Waals surface area contributed by atoms with E-state index in [1.54, 1.807) is 12.1 Å². The number of carboxylic acids is 1. The summed E-state index contributed by atoms with van der Waals surface area (Å²) in [5.41, 5.74) is 0.170. The number of hydrogen-bond acceptors (Lipinski definition) is 4. The molecule has 19 heavy (non-hydrogen) atoms. The highest BCUT2D eigenvalue weighted by Crippen LogP contribution is 2.29. The lowest BCUT2D eigenvalue weighted by Gasteiger charge is -2.06. The van der Waals surface area contributed by atoms with Crippen LogP contribution in [0.3, 0.4) is 0 Å². The molecule has 0 saturated carbocycles. The molecular formula is C11H6Cl2N2O3S. The summed E-state index contributed by atoms with van der Waals surface area (Å²) in [4.78, 5) is 23.1. The van der Waals surface area contributed by atoms with Crippen LogP contribution >= 0.6 is 34.7 Å². The van der Waals surface area contributed by atoms with Crippen LogP contribution in [-0.4, -0.2) is 21.4 Å². The predicted octanol–water partition coefficient (Wildman–Crippen LogP) is 3.40. The Morgan fingerprint density at radius 3 is 2.53 bits per heavy atom. The van der Waals surface area contributed by atoms with E-state index in [0.29, 0.717) is 0 Å². The van der Waals surface area contributed by atoms with Crippen molar-refractivity contribution >= 4 is 52.3 Å². The number of nitrogens with one attached hydrogen (secondary N) is 1. The van der Waals surface area contributed by atoms with Crippen molar-refractivity contribution in [3.05, 3.63) is 44.9 Å². The smallest absolute Gasteiger partial charge is 0.337 e. The maximum Gasteiger partial charge on any atom is 0.337 e. The number of carbonyl (C=O) groups is 2. The van der Waals surface area contributed by atoms with Gasteiger partial charge in [0.2, 0.25) is 0 Å². The summed E-state index contributed by atoms with van der Waals surface area (Å²) in [5.74, 6) is -1.69. The van der Waals surface area contributed by atoms with Gasteiger partial charge < -0.3 is 10.4 Å². The lowest BCUT2D eigenvalue weighted by molar-refractivity contribution is 0.0698. The first-order chi connectivity index (χ1) is 9.00. The van der Waals surface area contributed by atoms with Crippen LogP contribution in [0, 0.1) is 0 Å². The Bertz CT molecular complexity index is 657. The fraction of sp³-hybridized carbons (Fsp3) is 0. The number of halogens is 2. The van der Waals surface area contributed by atoms with Crippen molar-refractivity contribution in [1.29, 1.82) is 0 Å². The molecule has 8 heteroatoms. The van der Waals surface area contributed by atoms with E-state index in [1.807, 2.05) is 0 Å². The highest BCUT2D eigenvalue weighted by Gasteiger charge is 2.19. The Morgan fingerprint density at radius 1 is 1.26 bits per heavy atom. The number of carboxylic acid groups (broad SMARTS) is 1. The van der Waals surface area contributed by atoms with Gasteiger partial charge in [-0.1, -0.05) is 35.3 Å². The maximum absolute atomic E-state index is 11.9. The first-order valence-corrected chi connectivity index (χ1v) is 6.48. The fourth-order valence-electron chi connectivity index (χ4n) is 1.36. The summed E-state index contributed by atoms with van der Waals surface area (Å²) in [7, 11) is 0. The van der Waals surface area contributed by atoms with Gasteiger partial charge in [-0.15, -0.1) is 0 Å². The molecule has 0 aliphatic heterocycles. The minimum absolute atomic E-state index is 0.0115. The van der Waals surface area contributed by atoms with Crippen molar-refractivity contribution in [3.8, 4) is 0 Å². The summed E-state index contributed by atoms with van der Waals surface area (Å²) in [5, 5.41) is 11.6. The molecule has 98 valence electrons. The number of anilines is 1. The number of benzene rings is 1. The van der Waals surface area contributed by atoms with Crippen LogP contribution in [0.4, 0.5) is 5.69 Å². The van der Waals surface area contributed by atoms with E-state index in [-0.39, 0.29) is 26.3 Å². The zero-order valence-electron chi connectivity index (χ0n) is 9.18. The second-order valence-electron chi connectivity index (χ2n) is 3.42. The Kier molecular flexibility index (Phi) is 4.04. The van der Waals surface area contributed by atoms with Crippen molar-refractivity contribution in [2.75, 3.05) is 5.32 Å². The monoisotopic (exact) mass is 316 g/mol. The van der Waals surface area contributed by atoms with E-state index in [9.17, 15) is 9.59 Å². The summed E-state index contributed by atoms with van der Waals surface area (Å²) in [6, 6.07) is 6.05. The van der Waals surface area contributed by atoms with Crippen LogP contribution in [0.2, 0.25) is 10.2 Å². The highest BCUT2D eigenvalue weighted by molar-refractivity contribution is 7.09. The van der Waals surface area contributed by atoms with E-state index in [1.165, 1.54) is 12.1 Å². The second kappa shape index (κ2) is 5.56. The third kappa shape index (κ3) is 2.86. The molecule has 1 heterocycles. The van der Waals surface area contributed by atoms with E-state index in [0.717, 1.165) is 11.5 Å². The molecule has 0 radical (unpaired) electrons. The summed E-state index contributed by atoms with van der Waals surface area (Å²) >= 11 is 12.3. The van der Waals surface area contributed by atoms with Crippen molar-refractivity contribution in [2.24, 2.45) is 0 Å². The first kappa shape index (κ1) is 13.8. The first-order valence-electron chi connectivity index (χ1n) is 4.95. The zero-order chi connectivity index (χ0) is 14.0. The number of aromatic carboxylic acids is 1. The largest absolute Gasteiger partial charge is 0.478 e. The van der Waals surface area contributed by atoms with Crippen LogP contribution in [0.15, 0.2) is 24.3 Å². The molecule has 0 fully saturated rings. The SMILES string of the molecule is O=C(O)c1ccccc1NC(=O)c1snc(Cl)c1Cl. The minimum Gasteiger partial charge on any atom is -0.478 e. The van der Waals surface area contributed by atoms with Gasteiger partial charge in [0.25, 0.3) is 5.91 Å². The Balaban J connectivity index is 2.29. The lowest BCUT2D eigenvalue weighted by Crippen LogP contribution is -2.13. The lowest BCUT2D eigenvalue weighted by atomic mass is 10.2. The average molecular weight is 317 g/mol. The fourth-order valence-corrected chi connectivity index (χ4v) is 2.47. The molecule has 0 unspecified atom stereocenters. The van der Waals surface area contributed by atoms with Crippen LogP contribution < -0.4 is 5.32 Å². The summed E-state index contributed by atoms with van der Waals surface area (Å²) < 4.78 is 3.73. The van der Waals surface area contributed by atoms with Crippen LogP contribution in [0.1, 0.15) is 20.0 Å². The Hall–Kier alpha value is -1.63. The molecule has 0 saturated heterocycles. The standard InChI is InChI=1S/C11H6Cl2N2O3S/c12-7-8(19-15-9(7)13)10(16)14-6-4-2-1-3-5(6)11(17)18/h1-4H,(H,14,16)(H,17,18). The van der Waals surface area contributed by atoms with Crippen LogP contribution in [-0.2, 0) is 0 Å². The van der Waals surface area contributed by atoms with Gasteiger partial charge in [-0.05, 0) is 23.7 Å². The van der Waals surface area contributed by atoms with Crippen LogP contribution in [0.25, 0.3) is 0 Å². The van der Waals surface area contributed by atoms with Crippen molar-refractivity contribution < 1.29 is 14.7 Å². The topological polar surface area (TPSA) is 79.3 Å². The quantitative estimate of drug-likeness (QED) is 0.909. The predicted molar refractivity (Wildman–Crippen MR) is 73.5 cm³/mol. The molecule has 2 rings (SSSR count). The third-order valence-electron chi connectivity index (χ3n) is 2.21. The molecule has 0 aliphatic carbocycles. The number of carbonyl (C=O) groups excluding carboxylic acids is 1. The van der Waals surface area contributed by atoms with Gasteiger partial charge in [-0.25, -0.2) is 4.79 Å². The molecule has 5 nitrogen and oxygen atoms in total. The minimum atomic E-state index is -1.13. The highest BCUT2D eigenvalue weighted by atomic mass is 35.5. The maximum atomic E-state index is 11.9. The third-order valence-corrected chi connectivity index (χ3v) is 4.01. The molecule has 2 N–H and O–H groups in total. The number of hydrogen-bond donors (Lipinski definition) is 2. The van der Waals surface area contributed by atoms with Gasteiger partial charge in [0.15, 0.2) is 5.15 Å². The van der Waals surface area contributed by atoms with Gasteiger partial charge in [-0.3, -0.25) is 4.79 Å². The summed E-state index contributed by atoms with van der Waals surface area (Å²) in [6.07, 6.45) is 0. The van der Waals surface area contributed by atoms with Crippen LogP contribution in [0.5, 0.6) is 0 Å². The van der Waals surface area contributed by atoms with Crippen molar-refractivity contribution in [2.45, 2.75) is 0 Å². The number of rotatable bonds is 3. The number of para-hydroxylation sites is 1. The normalized spacial score (nSPS) is 10.2. The van der Waals surface area contributed by atoms with Crippen molar-refractivity contribution in [3.63, 3.8) is 0 Å². The average Bonchev–Trinajstić information content (AvgIpc) is 2.70. The molecule has 1 aromatic carbocycles. The van der Waals surface area contributed by atoms with Crippen molar-refractivity contribution in [1.82, 2.24) is 4.37 Å². The molecule has 0 aliphatic rings. The number of amides is 1. The number of nitrogens with zero attached hydrogens (tertiary/aromatic N) is 1. The van der Waals surface area contributed by atoms with E-state index in [4.69, 9.17) is 28.3 Å². The summed E-state index contributed by atoms with van der Waals surface area (Å²) in [6.45, 7) is 0. The van der Waals surface area contributed by atoms with Gasteiger partial charge in [0.05, 0.1) is 11.3 Å². The molecule has 1 amide bonds. The second-order valence-corrected chi connectivity index (χ2v) is 4.93. The van der Waals surface area contributed by atoms with Gasteiger partial charge in [0, 0.05) is 0 Å². The molecule has 0 bridgehead atoms. The molecule has 0 atom stereocenters. The molecular weight excluding hydrogens is 311 g/mol. The Labute approximate surface area is 121 Å². The zero-order valence-corrected chi connectivity index (χ0v) is 11.5. The molecule has 0 spiro atoms. The van der Waals surface area contributed by atoms with Gasteiger partial charge in [-0.2, -0.15) is 4.37 Å². The number of aromatic nitrogens is 1. The van der Waals surface area contributed by atoms with E-state index >= 15 is 0 Å².